The lowest BCUT2D eigenvalue weighted by Crippen LogP contribution is -2.52. The lowest BCUT2D eigenvalue weighted by molar-refractivity contribution is -0.920. The van der Waals surface area contributed by atoms with E-state index in [1.165, 1.54) is 81.8 Å². The molecule has 41 heavy (non-hydrogen) atoms. The van der Waals surface area contributed by atoms with Crippen molar-refractivity contribution in [3.8, 4) is 5.75 Å². The van der Waals surface area contributed by atoms with Crippen molar-refractivity contribution in [1.29, 1.82) is 0 Å². The number of quaternary nitrogens is 1. The second-order valence-corrected chi connectivity index (χ2v) is 12.5. The molecule has 0 aromatic heterocycles. The van der Waals surface area contributed by atoms with Crippen molar-refractivity contribution in [3.05, 3.63) is 65.7 Å². The molecule has 0 saturated heterocycles. The smallest absolute Gasteiger partial charge is 0.364 e. The topological polar surface area (TPSA) is 35.5 Å². The third-order valence-corrected chi connectivity index (χ3v) is 8.21. The molecule has 2 rings (SSSR count). The second-order valence-electron chi connectivity index (χ2n) is 12.5. The summed E-state index contributed by atoms with van der Waals surface area (Å²) in [6.45, 7) is 7.63. The molecule has 0 radical (unpaired) electrons. The van der Waals surface area contributed by atoms with Crippen LogP contribution in [-0.4, -0.2) is 43.3 Å². The number of unbranched alkanes of at least 4 members (excludes halogenated alkanes) is 10. The number of hydrogen-bond acceptors (Lipinski definition) is 3. The van der Waals surface area contributed by atoms with Gasteiger partial charge in [0.05, 0.1) is 26.8 Å². The van der Waals surface area contributed by atoms with E-state index in [1.807, 2.05) is 13.0 Å². The monoisotopic (exact) mass is 566 g/mol. The Morgan fingerprint density at radius 2 is 1.29 bits per heavy atom. The fourth-order valence-electron chi connectivity index (χ4n) is 5.63. The van der Waals surface area contributed by atoms with Crippen molar-refractivity contribution in [2.24, 2.45) is 0 Å². The predicted octanol–water partition coefficient (Wildman–Crippen LogP) is 9.69. The molecular formula is C37H60NO3+. The van der Waals surface area contributed by atoms with E-state index in [1.54, 1.807) is 0 Å². The Labute approximate surface area is 252 Å². The van der Waals surface area contributed by atoms with Crippen LogP contribution in [0.1, 0.15) is 122 Å². The van der Waals surface area contributed by atoms with Crippen LogP contribution in [0.15, 0.2) is 54.6 Å². The van der Waals surface area contributed by atoms with Gasteiger partial charge in [-0.15, -0.1) is 0 Å². The van der Waals surface area contributed by atoms with E-state index in [4.69, 9.17) is 9.47 Å². The maximum absolute atomic E-state index is 13.1. The molecule has 0 amide bonds. The van der Waals surface area contributed by atoms with E-state index >= 15 is 0 Å². The van der Waals surface area contributed by atoms with Gasteiger partial charge in [0.15, 0.2) is 6.04 Å². The normalized spacial score (nSPS) is 13.1. The lowest BCUT2D eigenvalue weighted by Gasteiger charge is -2.36. The van der Waals surface area contributed by atoms with Gasteiger partial charge < -0.3 is 14.0 Å². The van der Waals surface area contributed by atoms with Crippen LogP contribution in [0.3, 0.4) is 0 Å². The number of carbonyl (C=O) groups is 1. The first-order chi connectivity index (χ1) is 19.9. The summed E-state index contributed by atoms with van der Waals surface area (Å²) in [5.41, 5.74) is 2.62. The van der Waals surface area contributed by atoms with Gasteiger partial charge in [-0.05, 0) is 43.9 Å². The maximum atomic E-state index is 13.1. The SMILES string of the molecule is CCCCCCCCCCCCCc1ccc(OC(C)CCOC(=O)C(CCC)[N+](C)(C)Cc2ccccc2)cc1. The minimum atomic E-state index is -0.177. The number of nitrogens with zero attached hydrogens (tertiary/aromatic N) is 1. The number of aryl methyl sites for hydroxylation is 1. The second kappa shape index (κ2) is 20.5. The van der Waals surface area contributed by atoms with Crippen molar-refractivity contribution in [1.82, 2.24) is 0 Å². The lowest BCUT2D eigenvalue weighted by atomic mass is 10.0. The van der Waals surface area contributed by atoms with Crippen molar-refractivity contribution in [2.45, 2.75) is 136 Å². The standard InChI is InChI=1S/C37H60NO3/c1-6-8-9-10-11-12-13-14-15-16-18-22-33-25-27-35(28-26-33)41-32(3)29-30-40-37(39)36(21-7-2)38(4,5)31-34-23-19-17-20-24-34/h17,19-20,23-28,32,36H,6-16,18,21-22,29-31H2,1-5H3/q+1. The van der Waals surface area contributed by atoms with Crippen LogP contribution in [0.25, 0.3) is 0 Å². The summed E-state index contributed by atoms with van der Waals surface area (Å²) < 4.78 is 12.5. The van der Waals surface area contributed by atoms with E-state index in [2.05, 4.69) is 76.5 Å². The third-order valence-electron chi connectivity index (χ3n) is 8.21. The maximum Gasteiger partial charge on any atom is 0.364 e. The molecule has 4 nitrogen and oxygen atoms in total. The molecule has 4 heteroatoms. The molecule has 0 aliphatic heterocycles. The number of benzene rings is 2. The fraction of sp³-hybridized carbons (Fsp3) is 0.649. The van der Waals surface area contributed by atoms with Gasteiger partial charge in [0, 0.05) is 18.4 Å². The van der Waals surface area contributed by atoms with Crippen LogP contribution < -0.4 is 4.74 Å². The number of esters is 1. The Morgan fingerprint density at radius 3 is 1.88 bits per heavy atom. The predicted molar refractivity (Wildman–Crippen MR) is 173 cm³/mol. The average Bonchev–Trinajstić information content (AvgIpc) is 2.95. The van der Waals surface area contributed by atoms with Crippen LogP contribution in [-0.2, 0) is 22.5 Å². The first-order valence-corrected chi connectivity index (χ1v) is 16.6. The zero-order valence-corrected chi connectivity index (χ0v) is 27.0. The van der Waals surface area contributed by atoms with Gasteiger partial charge >= 0.3 is 5.97 Å². The summed E-state index contributed by atoms with van der Waals surface area (Å²) in [6, 6.07) is 18.8. The van der Waals surface area contributed by atoms with E-state index in [-0.39, 0.29) is 18.1 Å². The summed E-state index contributed by atoms with van der Waals surface area (Å²) in [7, 11) is 4.25. The van der Waals surface area contributed by atoms with Crippen molar-refractivity contribution < 1.29 is 18.8 Å². The van der Waals surface area contributed by atoms with Gasteiger partial charge in [0.2, 0.25) is 0 Å². The van der Waals surface area contributed by atoms with Crippen LogP contribution in [0.4, 0.5) is 0 Å². The number of rotatable bonds is 23. The summed E-state index contributed by atoms with van der Waals surface area (Å²) in [4.78, 5) is 13.1. The number of hydrogen-bond donors (Lipinski definition) is 0. The van der Waals surface area contributed by atoms with Crippen LogP contribution in [0.2, 0.25) is 0 Å². The highest BCUT2D eigenvalue weighted by molar-refractivity contribution is 5.74. The number of carbonyl (C=O) groups excluding carboxylic acids is 1. The van der Waals surface area contributed by atoms with Gasteiger partial charge in [-0.1, -0.05) is 121 Å². The summed E-state index contributed by atoms with van der Waals surface area (Å²) >= 11 is 0. The summed E-state index contributed by atoms with van der Waals surface area (Å²) in [5, 5.41) is 0. The molecule has 0 aliphatic rings. The van der Waals surface area contributed by atoms with Crippen LogP contribution in [0.5, 0.6) is 5.75 Å². The largest absolute Gasteiger partial charge is 0.491 e. The average molecular weight is 567 g/mol. The quantitative estimate of drug-likeness (QED) is 0.0763. The zero-order valence-electron chi connectivity index (χ0n) is 27.0. The van der Waals surface area contributed by atoms with E-state index in [0.29, 0.717) is 17.5 Å². The Balaban J connectivity index is 1.63. The van der Waals surface area contributed by atoms with Crippen LogP contribution >= 0.6 is 0 Å². The van der Waals surface area contributed by atoms with Gasteiger partial charge in [-0.2, -0.15) is 0 Å². The first kappa shape index (κ1) is 34.9. The molecule has 0 saturated carbocycles. The molecule has 230 valence electrons. The Kier molecular flexibility index (Phi) is 17.5. The summed E-state index contributed by atoms with van der Waals surface area (Å²) in [5.74, 6) is 0.780. The molecule has 2 aromatic rings. The van der Waals surface area contributed by atoms with Gasteiger partial charge in [-0.25, -0.2) is 4.79 Å². The molecule has 0 N–H and O–H groups in total. The van der Waals surface area contributed by atoms with Gasteiger partial charge in [0.1, 0.15) is 12.3 Å². The Hall–Kier alpha value is -2.33. The van der Waals surface area contributed by atoms with E-state index in [9.17, 15) is 4.79 Å². The highest BCUT2D eigenvalue weighted by Crippen LogP contribution is 2.21. The van der Waals surface area contributed by atoms with Crippen LogP contribution in [0, 0.1) is 0 Å². The number of likely N-dealkylation sites (N-methyl/N-ethyl adjacent to an activating group) is 1. The number of ether oxygens (including phenoxy) is 2. The molecule has 0 aliphatic carbocycles. The molecule has 0 bridgehead atoms. The minimum Gasteiger partial charge on any atom is -0.491 e. The molecule has 0 heterocycles. The van der Waals surface area contributed by atoms with E-state index < -0.39 is 0 Å². The molecule has 2 atom stereocenters. The fourth-order valence-corrected chi connectivity index (χ4v) is 5.63. The third kappa shape index (κ3) is 14.9. The van der Waals surface area contributed by atoms with E-state index in [0.717, 1.165) is 31.6 Å². The minimum absolute atomic E-state index is 0.0169. The molecule has 0 fully saturated rings. The highest BCUT2D eigenvalue weighted by Gasteiger charge is 2.35. The summed E-state index contributed by atoms with van der Waals surface area (Å²) in [6.07, 6.45) is 18.7. The Morgan fingerprint density at radius 1 is 0.707 bits per heavy atom. The molecule has 2 unspecified atom stereocenters. The van der Waals surface area contributed by atoms with Crippen molar-refractivity contribution in [3.63, 3.8) is 0 Å². The molecular weight excluding hydrogens is 506 g/mol. The Bertz CT molecular complexity index is 925. The van der Waals surface area contributed by atoms with Gasteiger partial charge in [-0.3, -0.25) is 0 Å². The first-order valence-electron chi connectivity index (χ1n) is 16.6. The highest BCUT2D eigenvalue weighted by atomic mass is 16.5. The van der Waals surface area contributed by atoms with Crippen molar-refractivity contribution in [2.75, 3.05) is 20.7 Å². The van der Waals surface area contributed by atoms with Gasteiger partial charge in [0.25, 0.3) is 0 Å². The zero-order chi connectivity index (χ0) is 29.8. The molecule has 0 spiro atoms. The molecule has 2 aromatic carbocycles. The van der Waals surface area contributed by atoms with Crippen molar-refractivity contribution >= 4 is 5.97 Å².